The van der Waals surface area contributed by atoms with Crippen molar-refractivity contribution in [2.75, 3.05) is 25.0 Å². The molecule has 0 bridgehead atoms. The van der Waals surface area contributed by atoms with Crippen molar-refractivity contribution < 1.29 is 4.79 Å². The molecule has 0 aromatic heterocycles. The summed E-state index contributed by atoms with van der Waals surface area (Å²) in [5, 5.41) is 9.21. The van der Waals surface area contributed by atoms with Crippen LogP contribution in [0.2, 0.25) is 0 Å². The van der Waals surface area contributed by atoms with Crippen LogP contribution < -0.4 is 16.0 Å². The highest BCUT2D eigenvalue weighted by atomic mass is 16.2. The van der Waals surface area contributed by atoms with Gasteiger partial charge in [-0.1, -0.05) is 18.2 Å². The first-order chi connectivity index (χ1) is 7.36. The minimum Gasteiger partial charge on any atom is -0.325 e. The van der Waals surface area contributed by atoms with Crippen LogP contribution in [0, 0.1) is 0 Å². The molecule has 1 aromatic rings. The van der Waals surface area contributed by atoms with E-state index in [1.807, 2.05) is 30.3 Å². The second-order valence-corrected chi connectivity index (χ2v) is 3.57. The van der Waals surface area contributed by atoms with E-state index >= 15 is 0 Å². The van der Waals surface area contributed by atoms with Crippen LogP contribution in [0.4, 0.5) is 5.69 Å². The number of rotatable bonds is 2. The van der Waals surface area contributed by atoms with Gasteiger partial charge in [0.05, 0.1) is 6.04 Å². The predicted octanol–water partition coefficient (Wildman–Crippen LogP) is 0.186. The number of anilines is 1. The summed E-state index contributed by atoms with van der Waals surface area (Å²) in [6.07, 6.45) is 0. The maximum Gasteiger partial charge on any atom is 0.242 e. The molecule has 2 rings (SSSR count). The van der Waals surface area contributed by atoms with Gasteiger partial charge in [-0.2, -0.15) is 0 Å². The number of para-hydroxylation sites is 1. The topological polar surface area (TPSA) is 53.2 Å². The molecular formula is C11H15N3O. The Morgan fingerprint density at radius 3 is 2.73 bits per heavy atom. The number of amides is 1. The van der Waals surface area contributed by atoms with Crippen LogP contribution in [0.1, 0.15) is 0 Å². The summed E-state index contributed by atoms with van der Waals surface area (Å²) in [5.41, 5.74) is 0.842. The van der Waals surface area contributed by atoms with E-state index in [1.54, 1.807) is 0 Å². The van der Waals surface area contributed by atoms with Crippen molar-refractivity contribution in [1.29, 1.82) is 0 Å². The van der Waals surface area contributed by atoms with E-state index < -0.39 is 0 Å². The monoisotopic (exact) mass is 205 g/mol. The molecule has 4 nitrogen and oxygen atoms in total. The second kappa shape index (κ2) is 4.91. The molecule has 80 valence electrons. The van der Waals surface area contributed by atoms with E-state index in [4.69, 9.17) is 0 Å². The van der Waals surface area contributed by atoms with Crippen LogP contribution in [-0.4, -0.2) is 31.6 Å². The minimum absolute atomic E-state index is 0.0217. The van der Waals surface area contributed by atoms with Crippen molar-refractivity contribution in [3.8, 4) is 0 Å². The van der Waals surface area contributed by atoms with E-state index in [-0.39, 0.29) is 11.9 Å². The fourth-order valence-corrected chi connectivity index (χ4v) is 1.59. The molecule has 1 atom stereocenters. The third-order valence-electron chi connectivity index (χ3n) is 2.40. The van der Waals surface area contributed by atoms with Gasteiger partial charge in [0, 0.05) is 25.3 Å². The SMILES string of the molecule is O=C(Nc1ccccc1)[C@H]1CNCCN1. The van der Waals surface area contributed by atoms with Crippen molar-refractivity contribution in [2.45, 2.75) is 6.04 Å². The molecule has 1 saturated heterocycles. The van der Waals surface area contributed by atoms with Gasteiger partial charge in [-0.05, 0) is 12.1 Å². The average molecular weight is 205 g/mol. The van der Waals surface area contributed by atoms with Crippen molar-refractivity contribution in [3.05, 3.63) is 30.3 Å². The highest BCUT2D eigenvalue weighted by Gasteiger charge is 2.19. The van der Waals surface area contributed by atoms with E-state index in [1.165, 1.54) is 0 Å². The van der Waals surface area contributed by atoms with E-state index in [9.17, 15) is 4.79 Å². The van der Waals surface area contributed by atoms with Crippen LogP contribution in [0.15, 0.2) is 30.3 Å². The summed E-state index contributed by atoms with van der Waals surface area (Å²) in [6.45, 7) is 2.46. The number of carbonyl (C=O) groups is 1. The lowest BCUT2D eigenvalue weighted by atomic mass is 10.2. The number of piperazine rings is 1. The second-order valence-electron chi connectivity index (χ2n) is 3.57. The molecular weight excluding hydrogens is 190 g/mol. The molecule has 1 aliphatic heterocycles. The molecule has 0 spiro atoms. The molecule has 15 heavy (non-hydrogen) atoms. The normalized spacial score (nSPS) is 20.9. The number of hydrogen-bond donors (Lipinski definition) is 3. The lowest BCUT2D eigenvalue weighted by molar-refractivity contribution is -0.118. The van der Waals surface area contributed by atoms with Crippen LogP contribution in [-0.2, 0) is 4.79 Å². The fraction of sp³-hybridized carbons (Fsp3) is 0.364. The van der Waals surface area contributed by atoms with Crippen molar-refractivity contribution >= 4 is 11.6 Å². The Labute approximate surface area is 89.1 Å². The first-order valence-electron chi connectivity index (χ1n) is 5.16. The Morgan fingerprint density at radius 2 is 2.07 bits per heavy atom. The van der Waals surface area contributed by atoms with Crippen LogP contribution in [0.3, 0.4) is 0 Å². The maximum absolute atomic E-state index is 11.8. The van der Waals surface area contributed by atoms with Crippen LogP contribution in [0.25, 0.3) is 0 Å². The zero-order valence-electron chi connectivity index (χ0n) is 8.49. The van der Waals surface area contributed by atoms with Gasteiger partial charge < -0.3 is 16.0 Å². The molecule has 0 radical (unpaired) electrons. The first-order valence-corrected chi connectivity index (χ1v) is 5.16. The summed E-state index contributed by atoms with van der Waals surface area (Å²) < 4.78 is 0. The molecule has 0 aliphatic carbocycles. The van der Waals surface area contributed by atoms with E-state index in [0.717, 1.165) is 18.8 Å². The maximum atomic E-state index is 11.8. The Kier molecular flexibility index (Phi) is 3.32. The molecule has 0 unspecified atom stereocenters. The smallest absolute Gasteiger partial charge is 0.242 e. The highest BCUT2D eigenvalue weighted by molar-refractivity contribution is 5.95. The quantitative estimate of drug-likeness (QED) is 0.646. The van der Waals surface area contributed by atoms with Gasteiger partial charge in [0.15, 0.2) is 0 Å². The first kappa shape index (κ1) is 10.1. The lowest BCUT2D eigenvalue weighted by Gasteiger charge is -2.23. The van der Waals surface area contributed by atoms with Crippen molar-refractivity contribution in [3.63, 3.8) is 0 Å². The van der Waals surface area contributed by atoms with Crippen molar-refractivity contribution in [1.82, 2.24) is 10.6 Å². The standard InChI is InChI=1S/C11H15N3O/c15-11(10-8-12-6-7-13-10)14-9-4-2-1-3-5-9/h1-5,10,12-13H,6-8H2,(H,14,15)/t10-/m1/s1. The summed E-state index contributed by atoms with van der Waals surface area (Å²) in [6, 6.07) is 9.38. The molecule has 0 saturated carbocycles. The Morgan fingerprint density at radius 1 is 1.27 bits per heavy atom. The zero-order chi connectivity index (χ0) is 10.5. The molecule has 1 fully saturated rings. The van der Waals surface area contributed by atoms with E-state index in [2.05, 4.69) is 16.0 Å². The molecule has 1 amide bonds. The van der Waals surface area contributed by atoms with Crippen LogP contribution >= 0.6 is 0 Å². The third kappa shape index (κ3) is 2.78. The van der Waals surface area contributed by atoms with Gasteiger partial charge in [0.1, 0.15) is 0 Å². The van der Waals surface area contributed by atoms with Gasteiger partial charge in [0.25, 0.3) is 0 Å². The average Bonchev–Trinajstić information content (AvgIpc) is 2.31. The highest BCUT2D eigenvalue weighted by Crippen LogP contribution is 2.05. The summed E-state index contributed by atoms with van der Waals surface area (Å²) in [4.78, 5) is 11.8. The Bertz CT molecular complexity index is 320. The predicted molar refractivity (Wildman–Crippen MR) is 59.7 cm³/mol. The third-order valence-corrected chi connectivity index (χ3v) is 2.40. The van der Waals surface area contributed by atoms with Crippen molar-refractivity contribution in [2.24, 2.45) is 0 Å². The number of hydrogen-bond acceptors (Lipinski definition) is 3. The number of benzene rings is 1. The Balaban J connectivity index is 1.91. The molecule has 1 aromatic carbocycles. The summed E-state index contributed by atoms with van der Waals surface area (Å²) in [5.74, 6) is 0.0217. The number of nitrogens with one attached hydrogen (secondary N) is 3. The van der Waals surface area contributed by atoms with Gasteiger partial charge >= 0.3 is 0 Å². The number of carbonyl (C=O) groups excluding carboxylic acids is 1. The summed E-state index contributed by atoms with van der Waals surface area (Å²) in [7, 11) is 0. The fourth-order valence-electron chi connectivity index (χ4n) is 1.59. The van der Waals surface area contributed by atoms with Crippen LogP contribution in [0.5, 0.6) is 0 Å². The largest absolute Gasteiger partial charge is 0.325 e. The molecule has 3 N–H and O–H groups in total. The molecule has 4 heteroatoms. The van der Waals surface area contributed by atoms with Gasteiger partial charge in [-0.15, -0.1) is 0 Å². The Hall–Kier alpha value is -1.39. The van der Waals surface area contributed by atoms with E-state index in [0.29, 0.717) is 6.54 Å². The lowest BCUT2D eigenvalue weighted by Crippen LogP contribution is -2.54. The minimum atomic E-state index is -0.126. The van der Waals surface area contributed by atoms with Gasteiger partial charge in [0.2, 0.25) is 5.91 Å². The molecule has 1 heterocycles. The van der Waals surface area contributed by atoms with Gasteiger partial charge in [-0.3, -0.25) is 4.79 Å². The van der Waals surface area contributed by atoms with Gasteiger partial charge in [-0.25, -0.2) is 0 Å². The summed E-state index contributed by atoms with van der Waals surface area (Å²) >= 11 is 0. The zero-order valence-corrected chi connectivity index (χ0v) is 8.49. The molecule has 1 aliphatic rings.